The second-order valence-corrected chi connectivity index (χ2v) is 8.20. The van der Waals surface area contributed by atoms with Crippen molar-refractivity contribution >= 4 is 27.5 Å². The van der Waals surface area contributed by atoms with Crippen LogP contribution in [0.2, 0.25) is 0 Å². The van der Waals surface area contributed by atoms with Crippen LogP contribution >= 0.6 is 11.5 Å². The number of benzene rings is 1. The van der Waals surface area contributed by atoms with E-state index in [1.54, 1.807) is 0 Å². The molecule has 1 N–H and O–H groups in total. The largest absolute Gasteiger partial charge is 0.359 e. The molecule has 1 aromatic heterocycles. The number of anilines is 1. The van der Waals surface area contributed by atoms with E-state index in [0.29, 0.717) is 18.1 Å². The van der Waals surface area contributed by atoms with Crippen LogP contribution < -0.4 is 5.32 Å². The van der Waals surface area contributed by atoms with Crippen molar-refractivity contribution in [3.8, 4) is 0 Å². The summed E-state index contributed by atoms with van der Waals surface area (Å²) in [5, 5.41) is 4.01. The highest BCUT2D eigenvalue weighted by Gasteiger charge is 2.19. The molecule has 0 radical (unpaired) electrons. The van der Waals surface area contributed by atoms with Gasteiger partial charge in [0.2, 0.25) is 5.13 Å². The molecule has 2 rings (SSSR count). The Balaban J connectivity index is 1.77. The van der Waals surface area contributed by atoms with Crippen molar-refractivity contribution in [2.45, 2.75) is 31.9 Å². The third kappa shape index (κ3) is 5.21. The van der Waals surface area contributed by atoms with Crippen LogP contribution in [0, 0.1) is 0 Å². The fraction of sp³-hybridized carbons (Fsp3) is 0.467. The van der Waals surface area contributed by atoms with Crippen LogP contribution in [0.3, 0.4) is 0 Å². The minimum absolute atomic E-state index is 0.0352. The van der Waals surface area contributed by atoms with E-state index in [1.165, 1.54) is 11.5 Å². The Morgan fingerprint density at radius 3 is 2.57 bits per heavy atom. The molecule has 0 saturated carbocycles. The lowest BCUT2D eigenvalue weighted by Gasteiger charge is -2.12. The Bertz CT molecular complexity index is 590. The van der Waals surface area contributed by atoms with Gasteiger partial charge in [-0.25, -0.2) is 4.98 Å². The van der Waals surface area contributed by atoms with E-state index in [2.05, 4.69) is 35.4 Å². The summed E-state index contributed by atoms with van der Waals surface area (Å²) >= 11 is 1.36. The predicted octanol–water partition coefficient (Wildman–Crippen LogP) is 3.20. The minimum Gasteiger partial charge on any atom is -0.359 e. The first-order valence-electron chi connectivity index (χ1n) is 6.92. The Labute approximate surface area is 132 Å². The zero-order valence-electron chi connectivity index (χ0n) is 12.6. The Hall–Kier alpha value is -1.27. The van der Waals surface area contributed by atoms with Crippen molar-refractivity contribution in [3.63, 3.8) is 0 Å². The molecule has 0 spiro atoms. The van der Waals surface area contributed by atoms with Crippen molar-refractivity contribution in [3.05, 3.63) is 41.7 Å². The summed E-state index contributed by atoms with van der Waals surface area (Å²) in [7, 11) is -0.861. The van der Waals surface area contributed by atoms with E-state index in [0.717, 1.165) is 16.5 Å². The van der Waals surface area contributed by atoms with Gasteiger partial charge in [0.25, 0.3) is 0 Å². The van der Waals surface area contributed by atoms with Crippen LogP contribution in [-0.2, 0) is 22.0 Å². The summed E-state index contributed by atoms with van der Waals surface area (Å²) in [6.45, 7) is 6.92. The highest BCUT2D eigenvalue weighted by Crippen LogP contribution is 2.22. The van der Waals surface area contributed by atoms with E-state index in [4.69, 9.17) is 0 Å². The summed E-state index contributed by atoms with van der Waals surface area (Å²) in [6, 6.07) is 9.92. The molecule has 0 amide bonds. The number of hydrogen-bond acceptors (Lipinski definition) is 5. The number of aromatic nitrogens is 2. The third-order valence-electron chi connectivity index (χ3n) is 2.87. The maximum Gasteiger partial charge on any atom is 0.202 e. The van der Waals surface area contributed by atoms with Gasteiger partial charge in [-0.15, -0.1) is 0 Å². The highest BCUT2D eigenvalue weighted by atomic mass is 32.2. The predicted molar refractivity (Wildman–Crippen MR) is 90.3 cm³/mol. The first-order chi connectivity index (χ1) is 9.95. The fourth-order valence-corrected chi connectivity index (χ4v) is 3.52. The zero-order valence-corrected chi connectivity index (χ0v) is 14.3. The number of nitrogens with one attached hydrogen (secondary N) is 1. The molecule has 21 heavy (non-hydrogen) atoms. The van der Waals surface area contributed by atoms with Crippen molar-refractivity contribution in [2.24, 2.45) is 0 Å². The molecule has 0 bridgehead atoms. The lowest BCUT2D eigenvalue weighted by molar-refractivity contribution is 0.555. The summed E-state index contributed by atoms with van der Waals surface area (Å²) in [5.41, 5.74) is 1.08. The van der Waals surface area contributed by atoms with Gasteiger partial charge in [0, 0.05) is 45.8 Å². The van der Waals surface area contributed by atoms with Crippen molar-refractivity contribution < 1.29 is 4.21 Å². The molecule has 1 aromatic carbocycles. The number of nitrogens with zero attached hydrogens (tertiary/aromatic N) is 2. The smallest absolute Gasteiger partial charge is 0.202 e. The van der Waals surface area contributed by atoms with Gasteiger partial charge in [-0.1, -0.05) is 51.1 Å². The molecule has 2 aromatic rings. The number of hydrogen-bond donors (Lipinski definition) is 1. The van der Waals surface area contributed by atoms with Crippen molar-refractivity contribution in [1.29, 1.82) is 0 Å². The normalized spacial score (nSPS) is 13.1. The lowest BCUT2D eigenvalue weighted by Crippen LogP contribution is -2.14. The van der Waals surface area contributed by atoms with E-state index >= 15 is 0 Å². The van der Waals surface area contributed by atoms with Gasteiger partial charge in [-0.3, -0.25) is 4.21 Å². The fourth-order valence-electron chi connectivity index (χ4n) is 1.70. The third-order valence-corrected chi connectivity index (χ3v) is 4.86. The molecule has 0 aliphatic rings. The first kappa shape index (κ1) is 16.1. The first-order valence-corrected chi connectivity index (χ1v) is 9.18. The topological polar surface area (TPSA) is 54.9 Å². The zero-order chi connectivity index (χ0) is 15.3. The lowest BCUT2D eigenvalue weighted by atomic mass is 9.96. The molecular weight excluding hydrogens is 302 g/mol. The molecule has 6 heteroatoms. The van der Waals surface area contributed by atoms with Crippen LogP contribution in [0.1, 0.15) is 32.2 Å². The number of rotatable bonds is 6. The van der Waals surface area contributed by atoms with Gasteiger partial charge in [-0.05, 0) is 5.56 Å². The van der Waals surface area contributed by atoms with Gasteiger partial charge >= 0.3 is 0 Å². The SMILES string of the molecule is CC(C)(C)c1nsc(NCCS(=O)Cc2ccccc2)n1. The standard InChI is InChI=1S/C15H21N3OS2/c1-15(2,3)13-17-14(20-18-13)16-9-10-21(19)11-12-7-5-4-6-8-12/h4-8H,9-11H2,1-3H3,(H,16,17,18). The molecule has 4 nitrogen and oxygen atoms in total. The van der Waals surface area contributed by atoms with Crippen LogP contribution in [0.25, 0.3) is 0 Å². The van der Waals surface area contributed by atoms with Crippen LogP contribution in [-0.4, -0.2) is 25.9 Å². The van der Waals surface area contributed by atoms with Gasteiger partial charge in [0.05, 0.1) is 0 Å². The molecule has 1 unspecified atom stereocenters. The Morgan fingerprint density at radius 1 is 1.24 bits per heavy atom. The molecule has 1 heterocycles. The molecule has 0 saturated heterocycles. The molecular formula is C15H21N3OS2. The molecule has 0 aliphatic carbocycles. The van der Waals surface area contributed by atoms with E-state index in [-0.39, 0.29) is 5.41 Å². The summed E-state index contributed by atoms with van der Waals surface area (Å²) < 4.78 is 16.4. The Morgan fingerprint density at radius 2 is 1.95 bits per heavy atom. The average Bonchev–Trinajstić information content (AvgIpc) is 2.88. The summed E-state index contributed by atoms with van der Waals surface area (Å²) in [6.07, 6.45) is 0. The molecule has 1 atom stereocenters. The highest BCUT2D eigenvalue weighted by molar-refractivity contribution is 7.84. The molecule has 114 valence electrons. The minimum atomic E-state index is -0.861. The second kappa shape index (κ2) is 7.13. The van der Waals surface area contributed by atoms with E-state index < -0.39 is 10.8 Å². The van der Waals surface area contributed by atoms with Gasteiger partial charge < -0.3 is 5.32 Å². The van der Waals surface area contributed by atoms with Gasteiger partial charge in [0.1, 0.15) is 5.82 Å². The van der Waals surface area contributed by atoms with Crippen molar-refractivity contribution in [2.75, 3.05) is 17.6 Å². The van der Waals surface area contributed by atoms with Crippen LogP contribution in [0.4, 0.5) is 5.13 Å². The van der Waals surface area contributed by atoms with Gasteiger partial charge in [-0.2, -0.15) is 4.37 Å². The Kier molecular flexibility index (Phi) is 5.47. The molecule has 0 aliphatic heterocycles. The maximum absolute atomic E-state index is 12.0. The monoisotopic (exact) mass is 323 g/mol. The van der Waals surface area contributed by atoms with Gasteiger partial charge in [0.15, 0.2) is 0 Å². The van der Waals surface area contributed by atoms with Crippen molar-refractivity contribution in [1.82, 2.24) is 9.36 Å². The summed E-state index contributed by atoms with van der Waals surface area (Å²) in [5.74, 6) is 2.06. The second-order valence-electron chi connectivity index (χ2n) is 5.87. The van der Waals surface area contributed by atoms with Crippen LogP contribution in [0.15, 0.2) is 30.3 Å². The average molecular weight is 323 g/mol. The summed E-state index contributed by atoms with van der Waals surface area (Å²) in [4.78, 5) is 4.46. The quantitative estimate of drug-likeness (QED) is 0.887. The molecule has 0 fully saturated rings. The van der Waals surface area contributed by atoms with E-state index in [9.17, 15) is 4.21 Å². The van der Waals surface area contributed by atoms with E-state index in [1.807, 2.05) is 30.3 Å². The maximum atomic E-state index is 12.0. The van der Waals surface area contributed by atoms with Crippen LogP contribution in [0.5, 0.6) is 0 Å².